The molecular formula is C19H16N2O3. The molecule has 0 aromatic heterocycles. The molecule has 0 bridgehead atoms. The summed E-state index contributed by atoms with van der Waals surface area (Å²) in [4.78, 5) is 16.4. The Morgan fingerprint density at radius 1 is 1.00 bits per heavy atom. The fourth-order valence-corrected chi connectivity index (χ4v) is 2.25. The van der Waals surface area contributed by atoms with Crippen molar-refractivity contribution in [2.75, 3.05) is 12.4 Å². The second kappa shape index (κ2) is 7.28. The Balaban J connectivity index is 1.64. The monoisotopic (exact) mass is 320 g/mol. The minimum Gasteiger partial charge on any atom is -0.497 e. The molecule has 1 N–H and O–H groups in total. The molecule has 0 unspecified atom stereocenters. The van der Waals surface area contributed by atoms with Crippen LogP contribution in [0.4, 0.5) is 10.5 Å². The van der Waals surface area contributed by atoms with Gasteiger partial charge in [0.1, 0.15) is 5.75 Å². The molecule has 0 aliphatic carbocycles. The quantitative estimate of drug-likeness (QED) is 0.439. The van der Waals surface area contributed by atoms with Crippen LogP contribution < -0.4 is 10.1 Å². The Morgan fingerprint density at radius 3 is 2.54 bits per heavy atom. The van der Waals surface area contributed by atoms with Crippen LogP contribution in [-0.4, -0.2) is 19.4 Å². The van der Waals surface area contributed by atoms with Gasteiger partial charge in [0.25, 0.3) is 0 Å². The van der Waals surface area contributed by atoms with Crippen LogP contribution in [0.1, 0.15) is 5.56 Å². The van der Waals surface area contributed by atoms with Gasteiger partial charge >= 0.3 is 6.09 Å². The number of carbonyl (C=O) groups is 1. The second-order valence-corrected chi connectivity index (χ2v) is 5.08. The molecule has 0 saturated carbocycles. The summed E-state index contributed by atoms with van der Waals surface area (Å²) in [6, 6.07) is 20.7. The Kier molecular flexibility index (Phi) is 4.72. The van der Waals surface area contributed by atoms with Crippen LogP contribution in [0.25, 0.3) is 10.8 Å². The fraction of sp³-hybridized carbons (Fsp3) is 0.0526. The highest BCUT2D eigenvalue weighted by Crippen LogP contribution is 2.21. The molecule has 0 fully saturated rings. The molecule has 0 spiro atoms. The van der Waals surface area contributed by atoms with Crippen molar-refractivity contribution >= 4 is 28.8 Å². The van der Waals surface area contributed by atoms with Gasteiger partial charge in [0, 0.05) is 5.69 Å². The number of nitrogens with zero attached hydrogens (tertiary/aromatic N) is 1. The van der Waals surface area contributed by atoms with Crippen molar-refractivity contribution in [3.63, 3.8) is 0 Å². The van der Waals surface area contributed by atoms with E-state index in [9.17, 15) is 4.79 Å². The van der Waals surface area contributed by atoms with Crippen LogP contribution in [0.2, 0.25) is 0 Å². The highest BCUT2D eigenvalue weighted by molar-refractivity contribution is 5.91. The number of benzene rings is 3. The minimum absolute atomic E-state index is 0.636. The first-order chi connectivity index (χ1) is 11.7. The number of hydrogen-bond donors (Lipinski definition) is 1. The van der Waals surface area contributed by atoms with E-state index >= 15 is 0 Å². The summed E-state index contributed by atoms with van der Waals surface area (Å²) in [7, 11) is 1.64. The van der Waals surface area contributed by atoms with Crippen LogP contribution in [0.5, 0.6) is 5.75 Å². The number of hydrogen-bond acceptors (Lipinski definition) is 4. The highest BCUT2D eigenvalue weighted by atomic mass is 16.7. The molecule has 1 amide bonds. The van der Waals surface area contributed by atoms with Gasteiger partial charge in [0.2, 0.25) is 0 Å². The van der Waals surface area contributed by atoms with Gasteiger partial charge in [0.05, 0.1) is 13.3 Å². The normalized spacial score (nSPS) is 10.7. The van der Waals surface area contributed by atoms with Crippen molar-refractivity contribution in [1.82, 2.24) is 0 Å². The molecule has 0 atom stereocenters. The van der Waals surface area contributed by atoms with Gasteiger partial charge in [-0.25, -0.2) is 4.79 Å². The van der Waals surface area contributed by atoms with E-state index in [-0.39, 0.29) is 0 Å². The highest BCUT2D eigenvalue weighted by Gasteiger charge is 2.02. The Morgan fingerprint density at radius 2 is 1.75 bits per heavy atom. The number of anilines is 1. The number of para-hydroxylation sites is 1. The number of ether oxygens (including phenoxy) is 1. The predicted octanol–water partition coefficient (Wildman–Crippen LogP) is 4.43. The largest absolute Gasteiger partial charge is 0.497 e. The first-order valence-electron chi connectivity index (χ1n) is 7.39. The number of carbonyl (C=O) groups excluding carboxylic acids is 1. The van der Waals surface area contributed by atoms with E-state index in [2.05, 4.69) is 10.5 Å². The zero-order chi connectivity index (χ0) is 16.8. The molecular weight excluding hydrogens is 304 g/mol. The van der Waals surface area contributed by atoms with E-state index in [0.717, 1.165) is 22.1 Å². The third kappa shape index (κ3) is 3.89. The van der Waals surface area contributed by atoms with Gasteiger partial charge in [-0.05, 0) is 46.7 Å². The summed E-state index contributed by atoms with van der Waals surface area (Å²) in [6.45, 7) is 0. The van der Waals surface area contributed by atoms with Crippen molar-refractivity contribution < 1.29 is 14.4 Å². The molecule has 5 nitrogen and oxygen atoms in total. The van der Waals surface area contributed by atoms with E-state index in [4.69, 9.17) is 9.57 Å². The molecule has 3 aromatic rings. The number of amides is 1. The topological polar surface area (TPSA) is 59.9 Å². The molecule has 24 heavy (non-hydrogen) atoms. The number of rotatable bonds is 4. The van der Waals surface area contributed by atoms with E-state index in [1.54, 1.807) is 19.2 Å². The van der Waals surface area contributed by atoms with Gasteiger partial charge in [-0.15, -0.1) is 0 Å². The van der Waals surface area contributed by atoms with E-state index in [0.29, 0.717) is 5.69 Å². The Bertz CT molecular complexity index is 876. The molecule has 0 radical (unpaired) electrons. The lowest BCUT2D eigenvalue weighted by atomic mass is 10.1. The lowest BCUT2D eigenvalue weighted by molar-refractivity contribution is 0.167. The first kappa shape index (κ1) is 15.6. The molecule has 0 saturated heterocycles. The maximum absolute atomic E-state index is 11.6. The molecule has 120 valence electrons. The Hall–Kier alpha value is -3.34. The average Bonchev–Trinajstić information content (AvgIpc) is 2.62. The smallest absolute Gasteiger partial charge is 0.437 e. The number of fused-ring (bicyclic) bond motifs is 1. The van der Waals surface area contributed by atoms with Crippen LogP contribution >= 0.6 is 0 Å². The minimum atomic E-state index is -0.636. The van der Waals surface area contributed by atoms with Crippen molar-refractivity contribution in [2.45, 2.75) is 0 Å². The van der Waals surface area contributed by atoms with Crippen LogP contribution in [-0.2, 0) is 4.84 Å². The van der Waals surface area contributed by atoms with Gasteiger partial charge in [-0.2, -0.15) is 0 Å². The van der Waals surface area contributed by atoms with E-state index < -0.39 is 6.09 Å². The molecule has 0 heterocycles. The molecule has 0 aliphatic heterocycles. The average molecular weight is 320 g/mol. The second-order valence-electron chi connectivity index (χ2n) is 5.08. The maximum atomic E-state index is 11.6. The van der Waals surface area contributed by atoms with Crippen molar-refractivity contribution in [3.8, 4) is 5.75 Å². The summed E-state index contributed by atoms with van der Waals surface area (Å²) >= 11 is 0. The van der Waals surface area contributed by atoms with Crippen LogP contribution in [0, 0.1) is 0 Å². The molecule has 0 aliphatic rings. The van der Waals surface area contributed by atoms with Gasteiger partial charge in [-0.3, -0.25) is 10.2 Å². The zero-order valence-corrected chi connectivity index (χ0v) is 13.1. The summed E-state index contributed by atoms with van der Waals surface area (Å²) < 4.78 is 5.20. The lowest BCUT2D eigenvalue weighted by Gasteiger charge is -2.03. The number of oxime groups is 1. The zero-order valence-electron chi connectivity index (χ0n) is 13.1. The van der Waals surface area contributed by atoms with Crippen LogP contribution in [0.3, 0.4) is 0 Å². The molecule has 5 heteroatoms. The van der Waals surface area contributed by atoms with Gasteiger partial charge < -0.3 is 4.74 Å². The first-order valence-corrected chi connectivity index (χ1v) is 7.39. The summed E-state index contributed by atoms with van der Waals surface area (Å²) in [5.41, 5.74) is 1.48. The summed E-state index contributed by atoms with van der Waals surface area (Å²) in [5, 5.41) is 8.41. The van der Waals surface area contributed by atoms with E-state index in [1.807, 2.05) is 54.6 Å². The van der Waals surface area contributed by atoms with Crippen LogP contribution in [0.15, 0.2) is 71.9 Å². The SMILES string of the molecule is COc1ccc2cc(/C=N/OC(=O)Nc3ccccc3)ccc2c1. The fourth-order valence-electron chi connectivity index (χ4n) is 2.25. The predicted molar refractivity (Wildman–Crippen MR) is 94.6 cm³/mol. The van der Waals surface area contributed by atoms with Crippen molar-refractivity contribution in [2.24, 2.45) is 5.16 Å². The van der Waals surface area contributed by atoms with Gasteiger partial charge in [-0.1, -0.05) is 41.6 Å². The standard InChI is InChI=1S/C19H16N2O3/c1-23-18-10-9-15-11-14(7-8-16(15)12-18)13-20-24-19(22)21-17-5-3-2-4-6-17/h2-13H,1H3,(H,21,22)/b20-13+. The third-order valence-electron chi connectivity index (χ3n) is 3.43. The Labute approximate surface area is 139 Å². The lowest BCUT2D eigenvalue weighted by Crippen LogP contribution is -2.10. The summed E-state index contributed by atoms with van der Waals surface area (Å²) in [5.74, 6) is 0.810. The molecule has 3 rings (SSSR count). The van der Waals surface area contributed by atoms with Crippen molar-refractivity contribution in [3.05, 3.63) is 72.3 Å². The third-order valence-corrected chi connectivity index (χ3v) is 3.43. The van der Waals surface area contributed by atoms with Gasteiger partial charge in [0.15, 0.2) is 0 Å². The molecule has 3 aromatic carbocycles. The maximum Gasteiger partial charge on any atom is 0.437 e. The number of methoxy groups -OCH3 is 1. The van der Waals surface area contributed by atoms with E-state index in [1.165, 1.54) is 6.21 Å². The number of nitrogens with one attached hydrogen (secondary N) is 1. The summed E-state index contributed by atoms with van der Waals surface area (Å²) in [6.07, 6.45) is 0.858. The van der Waals surface area contributed by atoms with Crippen molar-refractivity contribution in [1.29, 1.82) is 0 Å².